The monoisotopic (exact) mass is 218 g/mol. The van der Waals surface area contributed by atoms with Crippen molar-refractivity contribution < 1.29 is 4.79 Å². The Labute approximate surface area is 91.3 Å². The maximum atomic E-state index is 11.6. The van der Waals surface area contributed by atoms with Crippen LogP contribution in [0.2, 0.25) is 0 Å². The Morgan fingerprint density at radius 3 is 2.81 bits per heavy atom. The molecule has 1 heterocycles. The second-order valence-electron chi connectivity index (χ2n) is 3.75. The van der Waals surface area contributed by atoms with Gasteiger partial charge in [0.1, 0.15) is 11.4 Å². The summed E-state index contributed by atoms with van der Waals surface area (Å²) in [6.45, 7) is 1.59. The largest absolute Gasteiger partial charge is 0.310 e. The number of nitrogens with zero attached hydrogens (tertiary/aromatic N) is 2. The lowest BCUT2D eigenvalue weighted by Crippen LogP contribution is -2.29. The standard InChI is InChI=1S/C10H10N4O2/c1-5-7(9(15)12-4-11)10(16)14-8(13-5)6-2-3-6/h6H,2-3H2,1H3,(H,12,15)(H,13,14,16). The van der Waals surface area contributed by atoms with Crippen LogP contribution in [0.5, 0.6) is 0 Å². The molecule has 0 unspecified atom stereocenters. The van der Waals surface area contributed by atoms with Crippen molar-refractivity contribution in [3.05, 3.63) is 27.4 Å². The second-order valence-corrected chi connectivity index (χ2v) is 3.75. The number of aromatic nitrogens is 2. The first kappa shape index (κ1) is 10.4. The number of amides is 1. The molecule has 1 aliphatic carbocycles. The molecular weight excluding hydrogens is 208 g/mol. The minimum atomic E-state index is -0.712. The molecule has 6 nitrogen and oxygen atoms in total. The molecule has 2 N–H and O–H groups in total. The Morgan fingerprint density at radius 1 is 1.62 bits per heavy atom. The van der Waals surface area contributed by atoms with E-state index in [1.54, 1.807) is 6.92 Å². The fourth-order valence-electron chi connectivity index (χ4n) is 1.54. The Balaban J connectivity index is 2.43. The van der Waals surface area contributed by atoms with Crippen LogP contribution in [0.15, 0.2) is 4.79 Å². The van der Waals surface area contributed by atoms with Gasteiger partial charge in [0.25, 0.3) is 11.5 Å². The van der Waals surface area contributed by atoms with Gasteiger partial charge in [-0.3, -0.25) is 14.9 Å². The average molecular weight is 218 g/mol. The van der Waals surface area contributed by atoms with Gasteiger partial charge in [0, 0.05) is 5.92 Å². The normalized spacial score (nSPS) is 14.2. The quantitative estimate of drug-likeness (QED) is 0.545. The van der Waals surface area contributed by atoms with Crippen molar-refractivity contribution in [1.29, 1.82) is 5.26 Å². The summed E-state index contributed by atoms with van der Waals surface area (Å²) in [7, 11) is 0. The number of nitrogens with one attached hydrogen (secondary N) is 2. The lowest BCUT2D eigenvalue weighted by Gasteiger charge is -2.04. The molecular formula is C10H10N4O2. The van der Waals surface area contributed by atoms with Gasteiger partial charge < -0.3 is 4.98 Å². The number of rotatable bonds is 2. The first-order valence-corrected chi connectivity index (χ1v) is 4.93. The fraction of sp³-hybridized carbons (Fsp3) is 0.400. The van der Waals surface area contributed by atoms with Gasteiger partial charge in [0.05, 0.1) is 5.69 Å². The smallest absolute Gasteiger partial charge is 0.271 e. The van der Waals surface area contributed by atoms with Crippen LogP contribution in [-0.4, -0.2) is 15.9 Å². The van der Waals surface area contributed by atoms with Crippen molar-refractivity contribution in [2.75, 3.05) is 0 Å². The molecule has 6 heteroatoms. The zero-order chi connectivity index (χ0) is 11.7. The summed E-state index contributed by atoms with van der Waals surface area (Å²) >= 11 is 0. The lowest BCUT2D eigenvalue weighted by atomic mass is 10.2. The van der Waals surface area contributed by atoms with E-state index in [0.717, 1.165) is 12.8 Å². The molecule has 1 saturated carbocycles. The number of aryl methyl sites for hydroxylation is 1. The maximum Gasteiger partial charge on any atom is 0.271 e. The van der Waals surface area contributed by atoms with Gasteiger partial charge in [0.2, 0.25) is 0 Å². The second kappa shape index (κ2) is 3.77. The predicted octanol–water partition coefficient (Wildman–Crippen LogP) is 0.167. The van der Waals surface area contributed by atoms with Crippen LogP contribution >= 0.6 is 0 Å². The van der Waals surface area contributed by atoms with Gasteiger partial charge in [-0.05, 0) is 19.8 Å². The highest BCUT2D eigenvalue weighted by molar-refractivity contribution is 5.95. The molecule has 82 valence electrons. The highest BCUT2D eigenvalue weighted by atomic mass is 16.2. The van der Waals surface area contributed by atoms with Crippen LogP contribution in [0.4, 0.5) is 0 Å². The summed E-state index contributed by atoms with van der Waals surface area (Å²) in [6.07, 6.45) is 3.53. The van der Waals surface area contributed by atoms with Crippen LogP contribution in [-0.2, 0) is 0 Å². The molecule has 0 aliphatic heterocycles. The molecule has 0 radical (unpaired) electrons. The number of hydrogen-bond acceptors (Lipinski definition) is 4. The Morgan fingerprint density at radius 2 is 2.31 bits per heavy atom. The van der Waals surface area contributed by atoms with Crippen molar-refractivity contribution in [3.63, 3.8) is 0 Å². The summed E-state index contributed by atoms with van der Waals surface area (Å²) < 4.78 is 0. The van der Waals surface area contributed by atoms with Crippen molar-refractivity contribution in [2.45, 2.75) is 25.7 Å². The van der Waals surface area contributed by atoms with Crippen LogP contribution in [0, 0.1) is 18.4 Å². The minimum Gasteiger partial charge on any atom is -0.310 e. The molecule has 16 heavy (non-hydrogen) atoms. The lowest BCUT2D eigenvalue weighted by molar-refractivity contribution is 0.0970. The van der Waals surface area contributed by atoms with E-state index in [1.165, 1.54) is 6.19 Å². The number of H-pyrrole nitrogens is 1. The van der Waals surface area contributed by atoms with Crippen molar-refractivity contribution >= 4 is 5.91 Å². The number of carbonyl (C=O) groups is 1. The molecule has 2 rings (SSSR count). The molecule has 0 aromatic carbocycles. The number of carbonyl (C=O) groups excluding carboxylic acids is 1. The van der Waals surface area contributed by atoms with Crippen LogP contribution < -0.4 is 10.9 Å². The molecule has 0 spiro atoms. The third-order valence-corrected chi connectivity index (χ3v) is 2.48. The summed E-state index contributed by atoms with van der Waals surface area (Å²) in [4.78, 5) is 29.8. The van der Waals surface area contributed by atoms with Gasteiger partial charge in [-0.1, -0.05) is 0 Å². The SMILES string of the molecule is Cc1nc(C2CC2)[nH]c(=O)c1C(=O)NC#N. The fourth-order valence-corrected chi connectivity index (χ4v) is 1.54. The maximum absolute atomic E-state index is 11.6. The topological polar surface area (TPSA) is 98.6 Å². The third-order valence-electron chi connectivity index (χ3n) is 2.48. The van der Waals surface area contributed by atoms with Crippen LogP contribution in [0.25, 0.3) is 0 Å². The summed E-state index contributed by atoms with van der Waals surface area (Å²) in [5, 5.41) is 10.2. The number of hydrogen-bond donors (Lipinski definition) is 2. The molecule has 1 aromatic heterocycles. The highest BCUT2D eigenvalue weighted by Crippen LogP contribution is 2.37. The van der Waals surface area contributed by atoms with Gasteiger partial charge in [-0.15, -0.1) is 0 Å². The molecule has 0 atom stereocenters. The third kappa shape index (κ3) is 1.80. The Hall–Kier alpha value is -2.16. The summed E-state index contributed by atoms with van der Waals surface area (Å²) in [6, 6.07) is 0. The van der Waals surface area contributed by atoms with E-state index in [4.69, 9.17) is 5.26 Å². The van der Waals surface area contributed by atoms with E-state index in [0.29, 0.717) is 17.4 Å². The summed E-state index contributed by atoms with van der Waals surface area (Å²) in [5.74, 6) is 0.242. The van der Waals surface area contributed by atoms with Gasteiger partial charge in [-0.2, -0.15) is 5.26 Å². The van der Waals surface area contributed by atoms with Gasteiger partial charge in [-0.25, -0.2) is 4.98 Å². The zero-order valence-corrected chi connectivity index (χ0v) is 8.70. The van der Waals surface area contributed by atoms with Crippen molar-refractivity contribution in [2.24, 2.45) is 0 Å². The first-order valence-electron chi connectivity index (χ1n) is 4.93. The van der Waals surface area contributed by atoms with Gasteiger partial charge in [0.15, 0.2) is 6.19 Å². The van der Waals surface area contributed by atoms with E-state index in [-0.39, 0.29) is 5.56 Å². The predicted molar refractivity (Wildman–Crippen MR) is 54.6 cm³/mol. The molecule has 0 bridgehead atoms. The van der Waals surface area contributed by atoms with E-state index < -0.39 is 11.5 Å². The Bertz CT molecular complexity index is 537. The molecule has 1 amide bonds. The average Bonchev–Trinajstić information content (AvgIpc) is 2.99. The number of aromatic amines is 1. The molecule has 0 saturated heterocycles. The van der Waals surface area contributed by atoms with Crippen molar-refractivity contribution in [3.8, 4) is 6.19 Å². The van der Waals surface area contributed by atoms with E-state index in [1.807, 2.05) is 5.32 Å². The molecule has 1 aromatic rings. The van der Waals surface area contributed by atoms with E-state index >= 15 is 0 Å². The first-order chi connectivity index (χ1) is 7.63. The van der Waals surface area contributed by atoms with E-state index in [9.17, 15) is 9.59 Å². The van der Waals surface area contributed by atoms with Crippen LogP contribution in [0.1, 0.15) is 40.6 Å². The van der Waals surface area contributed by atoms with E-state index in [2.05, 4.69) is 9.97 Å². The molecule has 1 aliphatic rings. The van der Waals surface area contributed by atoms with Crippen LogP contribution in [0.3, 0.4) is 0 Å². The highest BCUT2D eigenvalue weighted by Gasteiger charge is 2.27. The molecule has 1 fully saturated rings. The van der Waals surface area contributed by atoms with Crippen molar-refractivity contribution in [1.82, 2.24) is 15.3 Å². The Kier molecular flexibility index (Phi) is 2.44. The summed E-state index contributed by atoms with van der Waals surface area (Å²) in [5.41, 5.74) is -0.216. The van der Waals surface area contributed by atoms with Gasteiger partial charge >= 0.3 is 0 Å². The number of nitriles is 1. The zero-order valence-electron chi connectivity index (χ0n) is 8.70. The minimum absolute atomic E-state index is 0.0917.